The van der Waals surface area contributed by atoms with Gasteiger partial charge in [-0.2, -0.15) is 0 Å². The van der Waals surface area contributed by atoms with Gasteiger partial charge in [-0.1, -0.05) is 82.5 Å². The standard InChI is InChI=1S/C20H21ClN6O3/c21-20-17(25-27-23)19(29-13-15-9-5-2-6-10-15)18(16(30-20)11-24-26-22)28-12-14-7-3-1-4-8-14/h1-10,16-20H,11-13H2/t16-,17+,18+,19+,20-/m0/s1. The summed E-state index contributed by atoms with van der Waals surface area (Å²) in [5.41, 5.74) is 18.7. The topological polar surface area (TPSA) is 125 Å². The van der Waals surface area contributed by atoms with Crippen LogP contribution < -0.4 is 0 Å². The second-order valence-electron chi connectivity index (χ2n) is 6.66. The Balaban J connectivity index is 1.84. The van der Waals surface area contributed by atoms with Crippen molar-refractivity contribution < 1.29 is 14.2 Å². The Bertz CT molecular complexity index is 890. The van der Waals surface area contributed by atoms with Gasteiger partial charge in [0.1, 0.15) is 17.7 Å². The average molecular weight is 429 g/mol. The highest BCUT2D eigenvalue weighted by Crippen LogP contribution is 2.31. The van der Waals surface area contributed by atoms with Gasteiger partial charge in [-0.25, -0.2) is 0 Å². The number of azide groups is 2. The highest BCUT2D eigenvalue weighted by Gasteiger charge is 2.46. The molecule has 0 N–H and O–H groups in total. The molecule has 0 spiro atoms. The first-order valence-electron chi connectivity index (χ1n) is 9.38. The number of rotatable bonds is 9. The molecule has 0 unspecified atom stereocenters. The van der Waals surface area contributed by atoms with Gasteiger partial charge >= 0.3 is 0 Å². The number of hydrogen-bond donors (Lipinski definition) is 0. The molecule has 10 heteroatoms. The van der Waals surface area contributed by atoms with Gasteiger partial charge in [0.05, 0.1) is 32.0 Å². The number of hydrogen-bond acceptors (Lipinski definition) is 5. The van der Waals surface area contributed by atoms with Gasteiger partial charge in [0.15, 0.2) is 0 Å². The van der Waals surface area contributed by atoms with Gasteiger partial charge in [-0.3, -0.25) is 0 Å². The summed E-state index contributed by atoms with van der Waals surface area (Å²) < 4.78 is 18.0. The first-order chi connectivity index (χ1) is 14.7. The summed E-state index contributed by atoms with van der Waals surface area (Å²) in [6, 6.07) is 18.4. The van der Waals surface area contributed by atoms with E-state index in [1.807, 2.05) is 60.7 Å². The lowest BCUT2D eigenvalue weighted by Crippen LogP contribution is -2.58. The fraction of sp³-hybridized carbons (Fsp3) is 0.400. The maximum atomic E-state index is 9.02. The van der Waals surface area contributed by atoms with Gasteiger partial charge in [0.2, 0.25) is 0 Å². The lowest BCUT2D eigenvalue weighted by atomic mass is 9.97. The molecule has 0 saturated carbocycles. The third-order valence-electron chi connectivity index (χ3n) is 4.68. The number of benzene rings is 2. The molecule has 156 valence electrons. The van der Waals surface area contributed by atoms with E-state index in [0.29, 0.717) is 0 Å². The summed E-state index contributed by atoms with van der Waals surface area (Å²) in [7, 11) is 0. The van der Waals surface area contributed by atoms with Crippen LogP contribution in [0.1, 0.15) is 11.1 Å². The average Bonchev–Trinajstić information content (AvgIpc) is 2.78. The van der Waals surface area contributed by atoms with Crippen molar-refractivity contribution in [2.24, 2.45) is 10.2 Å². The van der Waals surface area contributed by atoms with Crippen LogP contribution in [0.2, 0.25) is 0 Å². The van der Waals surface area contributed by atoms with Crippen molar-refractivity contribution in [2.45, 2.75) is 43.1 Å². The molecule has 5 atom stereocenters. The van der Waals surface area contributed by atoms with Crippen LogP contribution in [0.4, 0.5) is 0 Å². The summed E-state index contributed by atoms with van der Waals surface area (Å²) >= 11 is 6.34. The number of halogens is 1. The molecule has 2 aromatic rings. The van der Waals surface area contributed by atoms with Gasteiger partial charge in [0, 0.05) is 9.82 Å². The summed E-state index contributed by atoms with van der Waals surface area (Å²) in [5.74, 6) is 0. The maximum Gasteiger partial charge on any atom is 0.142 e. The van der Waals surface area contributed by atoms with E-state index in [2.05, 4.69) is 20.1 Å². The number of alkyl halides is 1. The van der Waals surface area contributed by atoms with Gasteiger partial charge in [-0.05, 0) is 22.2 Å². The molecule has 0 aromatic heterocycles. The molecule has 0 radical (unpaired) electrons. The van der Waals surface area contributed by atoms with Crippen LogP contribution in [0.5, 0.6) is 0 Å². The Hall–Kier alpha value is -2.77. The zero-order valence-corrected chi connectivity index (χ0v) is 16.8. The van der Waals surface area contributed by atoms with E-state index in [9.17, 15) is 0 Å². The van der Waals surface area contributed by atoms with Crippen molar-refractivity contribution in [3.63, 3.8) is 0 Å². The molecule has 0 aliphatic carbocycles. The molecule has 30 heavy (non-hydrogen) atoms. The SMILES string of the molecule is [N-]=[N+]=NC[C@@H]1O[C@H](Cl)[C@H](N=[N+]=[N-])[C@@H](OCc2ccccc2)[C@@H]1OCc1ccccc1. The molecule has 0 bridgehead atoms. The highest BCUT2D eigenvalue weighted by molar-refractivity contribution is 6.20. The van der Waals surface area contributed by atoms with E-state index in [-0.39, 0.29) is 19.8 Å². The summed E-state index contributed by atoms with van der Waals surface area (Å²) in [5, 5.41) is 7.41. The Morgan fingerprint density at radius 1 is 0.867 bits per heavy atom. The van der Waals surface area contributed by atoms with E-state index in [1.165, 1.54) is 0 Å². The number of ether oxygens (including phenoxy) is 3. The lowest BCUT2D eigenvalue weighted by Gasteiger charge is -2.42. The van der Waals surface area contributed by atoms with E-state index >= 15 is 0 Å². The minimum Gasteiger partial charge on any atom is -0.370 e. The van der Waals surface area contributed by atoms with Gasteiger partial charge in [-0.15, -0.1) is 0 Å². The van der Waals surface area contributed by atoms with Crippen molar-refractivity contribution in [2.75, 3.05) is 6.54 Å². The molecule has 1 aliphatic rings. The van der Waals surface area contributed by atoms with Crippen LogP contribution in [-0.2, 0) is 27.4 Å². The Morgan fingerprint density at radius 3 is 1.97 bits per heavy atom. The van der Waals surface area contributed by atoms with Crippen LogP contribution in [0.3, 0.4) is 0 Å². The van der Waals surface area contributed by atoms with Crippen molar-refractivity contribution in [1.82, 2.24) is 0 Å². The third-order valence-corrected chi connectivity index (χ3v) is 5.04. The largest absolute Gasteiger partial charge is 0.370 e. The smallest absolute Gasteiger partial charge is 0.142 e. The Labute approximate surface area is 178 Å². The van der Waals surface area contributed by atoms with Crippen molar-refractivity contribution >= 4 is 11.6 Å². The Kier molecular flexibility index (Phi) is 8.35. The number of nitrogens with zero attached hydrogens (tertiary/aromatic N) is 6. The first-order valence-corrected chi connectivity index (χ1v) is 9.82. The van der Waals surface area contributed by atoms with Crippen LogP contribution in [0.25, 0.3) is 20.9 Å². The van der Waals surface area contributed by atoms with Crippen molar-refractivity contribution in [3.05, 3.63) is 92.7 Å². The van der Waals surface area contributed by atoms with Crippen LogP contribution in [-0.4, -0.2) is 36.5 Å². The van der Waals surface area contributed by atoms with Crippen LogP contribution in [0.15, 0.2) is 70.9 Å². The molecule has 9 nitrogen and oxygen atoms in total. The third kappa shape index (κ3) is 5.87. The molecule has 2 aromatic carbocycles. The molecule has 3 rings (SSSR count). The fourth-order valence-electron chi connectivity index (χ4n) is 3.25. The van der Waals surface area contributed by atoms with Crippen LogP contribution >= 0.6 is 11.6 Å². The van der Waals surface area contributed by atoms with E-state index in [1.54, 1.807) is 0 Å². The predicted molar refractivity (Wildman–Crippen MR) is 111 cm³/mol. The molecule has 0 amide bonds. The summed E-state index contributed by atoms with van der Waals surface area (Å²) in [6.45, 7) is 0.558. The summed E-state index contributed by atoms with van der Waals surface area (Å²) in [4.78, 5) is 5.70. The Morgan fingerprint density at radius 2 is 1.43 bits per heavy atom. The molecular formula is C20H21ClN6O3. The second-order valence-corrected chi connectivity index (χ2v) is 7.09. The molecule has 1 fully saturated rings. The van der Waals surface area contributed by atoms with E-state index in [4.69, 9.17) is 36.9 Å². The second kappa shape index (κ2) is 11.4. The molecule has 1 saturated heterocycles. The van der Waals surface area contributed by atoms with Crippen molar-refractivity contribution in [1.29, 1.82) is 0 Å². The van der Waals surface area contributed by atoms with Gasteiger partial charge in [0.25, 0.3) is 0 Å². The maximum absolute atomic E-state index is 9.02. The molecule has 1 aliphatic heterocycles. The predicted octanol–water partition coefficient (Wildman–Crippen LogP) is 5.11. The van der Waals surface area contributed by atoms with E-state index < -0.39 is 29.9 Å². The van der Waals surface area contributed by atoms with Crippen LogP contribution in [0, 0.1) is 0 Å². The monoisotopic (exact) mass is 428 g/mol. The normalized spacial score (nSPS) is 25.7. The van der Waals surface area contributed by atoms with Crippen molar-refractivity contribution in [3.8, 4) is 0 Å². The fourth-order valence-corrected chi connectivity index (χ4v) is 3.58. The highest BCUT2D eigenvalue weighted by atomic mass is 35.5. The quantitative estimate of drug-likeness (QED) is 0.238. The zero-order chi connectivity index (χ0) is 21.2. The minimum atomic E-state index is -0.947. The van der Waals surface area contributed by atoms with Gasteiger partial charge < -0.3 is 14.2 Å². The first kappa shape index (κ1) is 21.9. The zero-order valence-electron chi connectivity index (χ0n) is 16.1. The minimum absolute atomic E-state index is 0.00730. The molecule has 1 heterocycles. The van der Waals surface area contributed by atoms with E-state index in [0.717, 1.165) is 11.1 Å². The lowest BCUT2D eigenvalue weighted by molar-refractivity contribution is -0.197. The summed E-state index contributed by atoms with van der Waals surface area (Å²) in [6.07, 6.45) is -2.01. The molecular weight excluding hydrogens is 408 g/mol.